The standard InChI is InChI=1S/C17H23N3OS.HI/c1-3-18-17(20-12-15-8-9-22-13-15)19-11-14-6-5-7-16(10-14)21-4-2;/h5-10,13H,3-4,11-12H2,1-2H3,(H2,18,19,20);1H. The first-order valence-electron chi connectivity index (χ1n) is 7.56. The number of rotatable bonds is 7. The summed E-state index contributed by atoms with van der Waals surface area (Å²) in [5, 5.41) is 10.8. The van der Waals surface area contributed by atoms with E-state index in [-0.39, 0.29) is 24.0 Å². The van der Waals surface area contributed by atoms with Crippen LogP contribution in [0.5, 0.6) is 5.75 Å². The molecule has 126 valence electrons. The van der Waals surface area contributed by atoms with Gasteiger partial charge in [-0.15, -0.1) is 24.0 Å². The third-order valence-corrected chi connectivity index (χ3v) is 3.75. The highest BCUT2D eigenvalue weighted by molar-refractivity contribution is 14.0. The monoisotopic (exact) mass is 445 g/mol. The van der Waals surface area contributed by atoms with Crippen LogP contribution >= 0.6 is 35.3 Å². The number of halogens is 1. The molecule has 1 aromatic heterocycles. The van der Waals surface area contributed by atoms with Gasteiger partial charge in [0.25, 0.3) is 0 Å². The van der Waals surface area contributed by atoms with Crippen molar-refractivity contribution in [3.8, 4) is 5.75 Å². The van der Waals surface area contributed by atoms with Crippen molar-refractivity contribution >= 4 is 41.3 Å². The molecule has 0 unspecified atom stereocenters. The van der Waals surface area contributed by atoms with Gasteiger partial charge in [0.15, 0.2) is 5.96 Å². The molecule has 6 heteroatoms. The first-order valence-corrected chi connectivity index (χ1v) is 8.51. The molecule has 1 aromatic carbocycles. The molecule has 23 heavy (non-hydrogen) atoms. The molecule has 4 nitrogen and oxygen atoms in total. The average molecular weight is 445 g/mol. The van der Waals surface area contributed by atoms with Gasteiger partial charge in [-0.2, -0.15) is 11.3 Å². The molecular weight excluding hydrogens is 421 g/mol. The Morgan fingerprint density at radius 1 is 1.17 bits per heavy atom. The SMILES string of the molecule is CCNC(=NCc1ccsc1)NCc1cccc(OCC)c1.I. The van der Waals surface area contributed by atoms with E-state index in [9.17, 15) is 0 Å². The van der Waals surface area contributed by atoms with Gasteiger partial charge in [-0.1, -0.05) is 12.1 Å². The topological polar surface area (TPSA) is 45.7 Å². The van der Waals surface area contributed by atoms with Gasteiger partial charge in [-0.05, 0) is 53.9 Å². The number of nitrogens with zero attached hydrogens (tertiary/aromatic N) is 1. The highest BCUT2D eigenvalue weighted by atomic mass is 127. The Hall–Kier alpha value is -1.28. The summed E-state index contributed by atoms with van der Waals surface area (Å²) in [6.45, 7) is 6.99. The van der Waals surface area contributed by atoms with Crippen molar-refractivity contribution in [3.05, 3.63) is 52.2 Å². The summed E-state index contributed by atoms with van der Waals surface area (Å²) in [5.41, 5.74) is 2.41. The van der Waals surface area contributed by atoms with Crippen LogP contribution in [0.2, 0.25) is 0 Å². The van der Waals surface area contributed by atoms with Gasteiger partial charge in [0.1, 0.15) is 5.75 Å². The van der Waals surface area contributed by atoms with E-state index < -0.39 is 0 Å². The van der Waals surface area contributed by atoms with Crippen LogP contribution in [0.15, 0.2) is 46.1 Å². The zero-order valence-corrected chi connectivity index (χ0v) is 16.7. The van der Waals surface area contributed by atoms with Crippen molar-refractivity contribution in [2.75, 3.05) is 13.2 Å². The molecule has 2 aromatic rings. The van der Waals surface area contributed by atoms with Crippen LogP contribution in [0.25, 0.3) is 0 Å². The Bertz CT molecular complexity index is 587. The molecule has 0 aliphatic carbocycles. The summed E-state index contributed by atoms with van der Waals surface area (Å²) < 4.78 is 5.52. The predicted octanol–water partition coefficient (Wildman–Crippen LogP) is 4.02. The van der Waals surface area contributed by atoms with Crippen LogP contribution in [0.3, 0.4) is 0 Å². The van der Waals surface area contributed by atoms with E-state index in [2.05, 4.69) is 51.5 Å². The van der Waals surface area contributed by atoms with E-state index in [0.717, 1.165) is 24.8 Å². The second kappa shape index (κ2) is 11.3. The largest absolute Gasteiger partial charge is 0.494 e. The van der Waals surface area contributed by atoms with Gasteiger partial charge in [0.2, 0.25) is 0 Å². The summed E-state index contributed by atoms with van der Waals surface area (Å²) in [7, 11) is 0. The maximum Gasteiger partial charge on any atom is 0.191 e. The Labute approximate surface area is 159 Å². The van der Waals surface area contributed by atoms with Crippen molar-refractivity contribution in [3.63, 3.8) is 0 Å². The average Bonchev–Trinajstić information content (AvgIpc) is 3.04. The van der Waals surface area contributed by atoms with Gasteiger partial charge in [-0.25, -0.2) is 4.99 Å². The molecule has 0 bridgehead atoms. The molecule has 2 rings (SSSR count). The zero-order valence-electron chi connectivity index (χ0n) is 13.5. The minimum absolute atomic E-state index is 0. The minimum Gasteiger partial charge on any atom is -0.494 e. The molecule has 0 aliphatic rings. The van der Waals surface area contributed by atoms with Crippen LogP contribution in [-0.4, -0.2) is 19.1 Å². The fourth-order valence-electron chi connectivity index (χ4n) is 1.99. The zero-order chi connectivity index (χ0) is 15.6. The third kappa shape index (κ3) is 7.22. The van der Waals surface area contributed by atoms with E-state index in [1.54, 1.807) is 11.3 Å². The maximum atomic E-state index is 5.52. The van der Waals surface area contributed by atoms with E-state index >= 15 is 0 Å². The van der Waals surface area contributed by atoms with Crippen LogP contribution < -0.4 is 15.4 Å². The molecule has 0 saturated heterocycles. The van der Waals surface area contributed by atoms with Crippen molar-refractivity contribution in [1.29, 1.82) is 0 Å². The first-order chi connectivity index (χ1) is 10.8. The lowest BCUT2D eigenvalue weighted by Gasteiger charge is -2.12. The van der Waals surface area contributed by atoms with Crippen molar-refractivity contribution < 1.29 is 4.74 Å². The fourth-order valence-corrected chi connectivity index (χ4v) is 2.65. The first kappa shape index (κ1) is 19.8. The van der Waals surface area contributed by atoms with Gasteiger partial charge < -0.3 is 15.4 Å². The molecule has 0 atom stereocenters. The van der Waals surface area contributed by atoms with Gasteiger partial charge in [0.05, 0.1) is 13.2 Å². The number of benzene rings is 1. The molecule has 1 heterocycles. The number of nitrogens with one attached hydrogen (secondary N) is 2. The number of hydrogen-bond donors (Lipinski definition) is 2. The summed E-state index contributed by atoms with van der Waals surface area (Å²) in [6.07, 6.45) is 0. The summed E-state index contributed by atoms with van der Waals surface area (Å²) in [6, 6.07) is 10.2. The quantitative estimate of drug-likeness (QED) is 0.385. The van der Waals surface area contributed by atoms with Crippen LogP contribution in [0, 0.1) is 0 Å². The Kier molecular flexibility index (Phi) is 9.70. The number of hydrogen-bond acceptors (Lipinski definition) is 3. The molecule has 0 amide bonds. The Balaban J connectivity index is 0.00000264. The van der Waals surface area contributed by atoms with E-state index in [4.69, 9.17) is 4.74 Å². The third-order valence-electron chi connectivity index (χ3n) is 3.01. The van der Waals surface area contributed by atoms with Gasteiger partial charge >= 0.3 is 0 Å². The fraction of sp³-hybridized carbons (Fsp3) is 0.353. The van der Waals surface area contributed by atoms with E-state index in [0.29, 0.717) is 13.2 Å². The number of ether oxygens (including phenoxy) is 1. The van der Waals surface area contributed by atoms with Crippen molar-refractivity contribution in [2.45, 2.75) is 26.9 Å². The highest BCUT2D eigenvalue weighted by Crippen LogP contribution is 2.13. The minimum atomic E-state index is 0. The summed E-state index contributed by atoms with van der Waals surface area (Å²) in [4.78, 5) is 4.60. The summed E-state index contributed by atoms with van der Waals surface area (Å²) >= 11 is 1.70. The van der Waals surface area contributed by atoms with Crippen LogP contribution in [0.1, 0.15) is 25.0 Å². The van der Waals surface area contributed by atoms with E-state index in [1.807, 2.05) is 19.1 Å². The van der Waals surface area contributed by atoms with E-state index in [1.165, 1.54) is 11.1 Å². The lowest BCUT2D eigenvalue weighted by Crippen LogP contribution is -2.36. The van der Waals surface area contributed by atoms with Crippen molar-refractivity contribution in [1.82, 2.24) is 10.6 Å². The van der Waals surface area contributed by atoms with Crippen LogP contribution in [-0.2, 0) is 13.1 Å². The lowest BCUT2D eigenvalue weighted by molar-refractivity contribution is 0.340. The van der Waals surface area contributed by atoms with Gasteiger partial charge in [0, 0.05) is 13.1 Å². The Morgan fingerprint density at radius 3 is 2.74 bits per heavy atom. The number of guanidine groups is 1. The summed E-state index contributed by atoms with van der Waals surface area (Å²) in [5.74, 6) is 1.73. The molecule has 0 fully saturated rings. The van der Waals surface area contributed by atoms with Crippen LogP contribution in [0.4, 0.5) is 0 Å². The van der Waals surface area contributed by atoms with Gasteiger partial charge in [-0.3, -0.25) is 0 Å². The smallest absolute Gasteiger partial charge is 0.191 e. The molecule has 0 aliphatic heterocycles. The number of thiophene rings is 1. The molecule has 0 saturated carbocycles. The normalized spacial score (nSPS) is 10.8. The maximum absolute atomic E-state index is 5.52. The lowest BCUT2D eigenvalue weighted by atomic mass is 10.2. The highest BCUT2D eigenvalue weighted by Gasteiger charge is 2.00. The number of aliphatic imine (C=N–C) groups is 1. The molecule has 0 spiro atoms. The second-order valence-electron chi connectivity index (χ2n) is 4.76. The molecule has 0 radical (unpaired) electrons. The predicted molar refractivity (Wildman–Crippen MR) is 109 cm³/mol. The second-order valence-corrected chi connectivity index (χ2v) is 5.54. The molecular formula is C17H24IN3OS. The molecule has 2 N–H and O–H groups in total. The van der Waals surface area contributed by atoms with Crippen molar-refractivity contribution in [2.24, 2.45) is 4.99 Å². The Morgan fingerprint density at radius 2 is 2.04 bits per heavy atom.